The number of carbonyl (C=O) groups excluding carboxylic acids is 1. The van der Waals surface area contributed by atoms with Crippen LogP contribution in [0.1, 0.15) is 17.5 Å². The Balaban J connectivity index is 2.54. The highest BCUT2D eigenvalue weighted by Crippen LogP contribution is 2.19. The Morgan fingerprint density at radius 2 is 2.18 bits per heavy atom. The first kappa shape index (κ1) is 13.5. The molecule has 0 aliphatic carbocycles. The van der Waals surface area contributed by atoms with E-state index in [1.165, 1.54) is 0 Å². The maximum Gasteiger partial charge on any atom is 0.221 e. The third-order valence-corrected chi connectivity index (χ3v) is 2.52. The van der Waals surface area contributed by atoms with Gasteiger partial charge in [-0.1, -0.05) is 12.1 Å². The summed E-state index contributed by atoms with van der Waals surface area (Å²) >= 11 is 0. The zero-order chi connectivity index (χ0) is 12.7. The molecule has 0 aliphatic rings. The lowest BCUT2D eigenvalue weighted by Gasteiger charge is -2.10. The van der Waals surface area contributed by atoms with Crippen molar-refractivity contribution in [2.45, 2.75) is 19.9 Å². The molecule has 2 N–H and O–H groups in total. The van der Waals surface area contributed by atoms with E-state index in [1.54, 1.807) is 7.11 Å². The van der Waals surface area contributed by atoms with Crippen LogP contribution in [-0.2, 0) is 11.3 Å². The van der Waals surface area contributed by atoms with Crippen LogP contribution in [-0.4, -0.2) is 26.6 Å². The number of ether oxygens (including phenoxy) is 1. The highest BCUT2D eigenvalue weighted by atomic mass is 16.5. The summed E-state index contributed by atoms with van der Waals surface area (Å²) < 4.78 is 5.28. The molecule has 1 rings (SSSR count). The molecule has 0 atom stereocenters. The van der Waals surface area contributed by atoms with E-state index in [1.807, 2.05) is 32.2 Å². The van der Waals surface area contributed by atoms with Crippen LogP contribution in [0.5, 0.6) is 5.75 Å². The van der Waals surface area contributed by atoms with E-state index in [-0.39, 0.29) is 5.91 Å². The van der Waals surface area contributed by atoms with Crippen LogP contribution in [0.15, 0.2) is 18.2 Å². The van der Waals surface area contributed by atoms with Crippen molar-refractivity contribution in [3.8, 4) is 5.75 Å². The normalized spacial score (nSPS) is 10.1. The number of rotatable bonds is 6. The standard InChI is InChI=1S/C13H20N2O2/c1-10-4-5-11(12(8-10)17-3)9-15-13(16)6-7-14-2/h4-5,8,14H,6-7,9H2,1-3H3,(H,15,16). The minimum Gasteiger partial charge on any atom is -0.496 e. The van der Waals surface area contributed by atoms with Crippen molar-refractivity contribution in [2.24, 2.45) is 0 Å². The summed E-state index contributed by atoms with van der Waals surface area (Å²) in [5.74, 6) is 0.862. The van der Waals surface area contributed by atoms with Gasteiger partial charge < -0.3 is 15.4 Å². The minimum atomic E-state index is 0.0435. The molecule has 4 heteroatoms. The van der Waals surface area contributed by atoms with Gasteiger partial charge >= 0.3 is 0 Å². The van der Waals surface area contributed by atoms with Crippen LogP contribution < -0.4 is 15.4 Å². The molecule has 0 spiro atoms. The fourth-order valence-corrected chi connectivity index (χ4v) is 1.52. The second-order valence-electron chi connectivity index (χ2n) is 3.95. The van der Waals surface area contributed by atoms with Crippen molar-refractivity contribution in [1.82, 2.24) is 10.6 Å². The molecule has 0 bridgehead atoms. The van der Waals surface area contributed by atoms with Gasteiger partial charge in [0.1, 0.15) is 5.75 Å². The minimum absolute atomic E-state index is 0.0435. The van der Waals surface area contributed by atoms with Gasteiger partial charge in [0.25, 0.3) is 0 Å². The SMILES string of the molecule is CNCCC(=O)NCc1ccc(C)cc1OC. The van der Waals surface area contributed by atoms with Gasteiger partial charge in [-0.3, -0.25) is 4.79 Å². The van der Waals surface area contributed by atoms with Crippen LogP contribution >= 0.6 is 0 Å². The summed E-state index contributed by atoms with van der Waals surface area (Å²) in [5.41, 5.74) is 2.14. The number of methoxy groups -OCH3 is 1. The second-order valence-corrected chi connectivity index (χ2v) is 3.95. The second kappa shape index (κ2) is 6.91. The van der Waals surface area contributed by atoms with E-state index < -0.39 is 0 Å². The van der Waals surface area contributed by atoms with Crippen LogP contribution in [0.3, 0.4) is 0 Å². The van der Waals surface area contributed by atoms with Gasteiger partial charge in [-0.2, -0.15) is 0 Å². The van der Waals surface area contributed by atoms with Crippen LogP contribution in [0.4, 0.5) is 0 Å². The first-order valence-electron chi connectivity index (χ1n) is 5.72. The largest absolute Gasteiger partial charge is 0.496 e. The molecule has 0 saturated carbocycles. The molecule has 4 nitrogen and oxygen atoms in total. The van der Waals surface area contributed by atoms with Gasteiger partial charge in [0, 0.05) is 25.1 Å². The van der Waals surface area contributed by atoms with Crippen molar-refractivity contribution in [3.05, 3.63) is 29.3 Å². The number of hydrogen-bond donors (Lipinski definition) is 2. The van der Waals surface area contributed by atoms with E-state index in [0.29, 0.717) is 19.5 Å². The zero-order valence-electron chi connectivity index (χ0n) is 10.7. The third kappa shape index (κ3) is 4.44. The number of carbonyl (C=O) groups is 1. The molecular weight excluding hydrogens is 216 g/mol. The molecule has 0 aliphatic heterocycles. The van der Waals surface area contributed by atoms with E-state index in [9.17, 15) is 4.79 Å². The molecule has 94 valence electrons. The fraction of sp³-hybridized carbons (Fsp3) is 0.462. The molecule has 0 saturated heterocycles. The van der Waals surface area contributed by atoms with Crippen LogP contribution in [0.25, 0.3) is 0 Å². The van der Waals surface area contributed by atoms with Crippen LogP contribution in [0, 0.1) is 6.92 Å². The number of aryl methyl sites for hydroxylation is 1. The average Bonchev–Trinajstić information content (AvgIpc) is 2.34. The smallest absolute Gasteiger partial charge is 0.221 e. The molecule has 0 radical (unpaired) electrons. The Hall–Kier alpha value is -1.55. The number of benzene rings is 1. The molecule has 1 amide bonds. The summed E-state index contributed by atoms with van der Waals surface area (Å²) in [5, 5.41) is 5.81. The molecule has 0 unspecified atom stereocenters. The van der Waals surface area contributed by atoms with Gasteiger partial charge in [0.15, 0.2) is 0 Å². The first-order chi connectivity index (χ1) is 8.17. The maximum absolute atomic E-state index is 11.4. The quantitative estimate of drug-likeness (QED) is 0.781. The highest BCUT2D eigenvalue weighted by Gasteiger charge is 2.05. The Morgan fingerprint density at radius 3 is 2.82 bits per heavy atom. The van der Waals surface area contributed by atoms with E-state index in [2.05, 4.69) is 10.6 Å². The predicted molar refractivity (Wildman–Crippen MR) is 68.1 cm³/mol. The lowest BCUT2D eigenvalue weighted by Crippen LogP contribution is -2.26. The van der Waals surface area contributed by atoms with E-state index >= 15 is 0 Å². The van der Waals surface area contributed by atoms with Crippen LogP contribution in [0.2, 0.25) is 0 Å². The van der Waals surface area contributed by atoms with Crippen molar-refractivity contribution < 1.29 is 9.53 Å². The van der Waals surface area contributed by atoms with Gasteiger partial charge in [-0.15, -0.1) is 0 Å². The van der Waals surface area contributed by atoms with Crippen molar-refractivity contribution in [3.63, 3.8) is 0 Å². The van der Waals surface area contributed by atoms with Gasteiger partial charge in [-0.25, -0.2) is 0 Å². The van der Waals surface area contributed by atoms with E-state index in [0.717, 1.165) is 16.9 Å². The Morgan fingerprint density at radius 1 is 1.41 bits per heavy atom. The molecule has 0 fully saturated rings. The topological polar surface area (TPSA) is 50.4 Å². The lowest BCUT2D eigenvalue weighted by molar-refractivity contribution is -0.121. The van der Waals surface area contributed by atoms with Gasteiger partial charge in [-0.05, 0) is 25.6 Å². The monoisotopic (exact) mass is 236 g/mol. The number of nitrogens with one attached hydrogen (secondary N) is 2. The molecule has 1 aromatic rings. The van der Waals surface area contributed by atoms with Gasteiger partial charge in [0.2, 0.25) is 5.91 Å². The molecule has 1 aromatic carbocycles. The van der Waals surface area contributed by atoms with Crippen molar-refractivity contribution in [2.75, 3.05) is 20.7 Å². The fourth-order valence-electron chi connectivity index (χ4n) is 1.52. The van der Waals surface area contributed by atoms with Gasteiger partial charge in [0.05, 0.1) is 7.11 Å². The zero-order valence-corrected chi connectivity index (χ0v) is 10.7. The lowest BCUT2D eigenvalue weighted by atomic mass is 10.1. The molecular formula is C13H20N2O2. The molecule has 0 aromatic heterocycles. The van der Waals surface area contributed by atoms with E-state index in [4.69, 9.17) is 4.74 Å². The number of amides is 1. The third-order valence-electron chi connectivity index (χ3n) is 2.52. The maximum atomic E-state index is 11.4. The summed E-state index contributed by atoms with van der Waals surface area (Å²) in [4.78, 5) is 11.4. The Labute approximate surface area is 102 Å². The molecule has 17 heavy (non-hydrogen) atoms. The average molecular weight is 236 g/mol. The summed E-state index contributed by atoms with van der Waals surface area (Å²) in [6.45, 7) is 3.21. The first-order valence-corrected chi connectivity index (χ1v) is 5.72. The van der Waals surface area contributed by atoms with Crippen molar-refractivity contribution >= 4 is 5.91 Å². The van der Waals surface area contributed by atoms with Crippen molar-refractivity contribution in [1.29, 1.82) is 0 Å². The summed E-state index contributed by atoms with van der Waals surface area (Å²) in [6, 6.07) is 5.96. The summed E-state index contributed by atoms with van der Waals surface area (Å²) in [6.07, 6.45) is 0.491. The Kier molecular flexibility index (Phi) is 5.49. The number of hydrogen-bond acceptors (Lipinski definition) is 3. The predicted octanol–water partition coefficient (Wildman–Crippen LogP) is 1.23. The Bertz CT molecular complexity index is 378. The highest BCUT2D eigenvalue weighted by molar-refractivity contribution is 5.76. The summed E-state index contributed by atoms with van der Waals surface area (Å²) in [7, 11) is 3.47. The molecule has 0 heterocycles.